The van der Waals surface area contributed by atoms with E-state index < -0.39 is 24.2 Å². The maximum atomic E-state index is 13.1. The summed E-state index contributed by atoms with van der Waals surface area (Å²) in [6, 6.07) is 0.0119. The molecule has 0 bridgehead atoms. The molecule has 7 nitrogen and oxygen atoms in total. The largest absolute Gasteiger partial charge is 0.326 e. The molecule has 0 unspecified atom stereocenters. The van der Waals surface area contributed by atoms with Crippen LogP contribution in [-0.4, -0.2) is 73.5 Å². The van der Waals surface area contributed by atoms with E-state index in [0.717, 1.165) is 25.9 Å². The maximum Gasteiger partial charge on any atom is 0.319 e. The highest BCUT2D eigenvalue weighted by atomic mass is 19.3. The lowest BCUT2D eigenvalue weighted by molar-refractivity contribution is -0.252. The van der Waals surface area contributed by atoms with Crippen LogP contribution < -0.4 is 5.32 Å². The monoisotopic (exact) mass is 347 g/mol. The molecular formula is C15H23F2N3O4. The number of halogens is 2. The molecular weight excluding hydrogens is 324 g/mol. The number of nitrogens with one attached hydrogen (secondary N) is 1. The zero-order chi connectivity index (χ0) is 17.2. The molecule has 0 spiro atoms. The summed E-state index contributed by atoms with van der Waals surface area (Å²) in [5, 5.41) is 2.21. The van der Waals surface area contributed by atoms with Crippen molar-refractivity contribution in [3.05, 3.63) is 0 Å². The van der Waals surface area contributed by atoms with E-state index in [-0.39, 0.29) is 19.2 Å². The summed E-state index contributed by atoms with van der Waals surface area (Å²) in [6.45, 7) is 2.52. The van der Waals surface area contributed by atoms with Crippen LogP contribution in [0.5, 0.6) is 0 Å². The van der Waals surface area contributed by atoms with Gasteiger partial charge in [-0.05, 0) is 25.7 Å². The molecule has 3 saturated heterocycles. The number of amides is 3. The molecule has 136 valence electrons. The lowest BCUT2D eigenvalue weighted by Crippen LogP contribution is -2.57. The van der Waals surface area contributed by atoms with E-state index in [0.29, 0.717) is 25.9 Å². The van der Waals surface area contributed by atoms with E-state index in [1.807, 2.05) is 4.90 Å². The first kappa shape index (κ1) is 17.3. The number of alkyl halides is 2. The molecule has 0 aromatic heterocycles. The quantitative estimate of drug-likeness (QED) is 0.827. The molecule has 3 rings (SSSR count). The van der Waals surface area contributed by atoms with Gasteiger partial charge in [-0.3, -0.25) is 10.1 Å². The molecule has 0 aliphatic carbocycles. The normalized spacial score (nSPS) is 24.6. The molecule has 0 atom stereocenters. The fourth-order valence-corrected chi connectivity index (χ4v) is 3.40. The standard InChI is InChI=1S/C15H23F2N3O4/c16-13(17)15(23-9-10-24-15)18-12(21)11-3-7-20(8-4-11)14(22)19-5-1-2-6-19/h11,13H,1-10H2,(H,18,21). The lowest BCUT2D eigenvalue weighted by atomic mass is 9.96. The van der Waals surface area contributed by atoms with Crippen LogP contribution in [0, 0.1) is 5.92 Å². The Kier molecular flexibility index (Phi) is 5.19. The molecule has 3 heterocycles. The highest BCUT2D eigenvalue weighted by Gasteiger charge is 2.48. The van der Waals surface area contributed by atoms with Crippen LogP contribution in [0.4, 0.5) is 13.6 Å². The van der Waals surface area contributed by atoms with Gasteiger partial charge in [0.15, 0.2) is 0 Å². The van der Waals surface area contributed by atoms with Crippen molar-refractivity contribution in [3.63, 3.8) is 0 Å². The first-order chi connectivity index (χ1) is 11.5. The zero-order valence-corrected chi connectivity index (χ0v) is 13.5. The van der Waals surface area contributed by atoms with Crippen LogP contribution in [0.25, 0.3) is 0 Å². The first-order valence-corrected chi connectivity index (χ1v) is 8.44. The van der Waals surface area contributed by atoms with E-state index in [4.69, 9.17) is 9.47 Å². The highest BCUT2D eigenvalue weighted by molar-refractivity contribution is 5.80. The number of rotatable bonds is 3. The Hall–Kier alpha value is -1.48. The second-order valence-electron chi connectivity index (χ2n) is 6.39. The summed E-state index contributed by atoms with van der Waals surface area (Å²) in [6.07, 6.45) is -0.00314. The van der Waals surface area contributed by atoms with Crippen molar-refractivity contribution in [1.82, 2.24) is 15.1 Å². The van der Waals surface area contributed by atoms with Gasteiger partial charge in [0.2, 0.25) is 5.91 Å². The number of hydrogen-bond acceptors (Lipinski definition) is 4. The van der Waals surface area contributed by atoms with Crippen LogP contribution in [-0.2, 0) is 14.3 Å². The third-order valence-electron chi connectivity index (χ3n) is 4.81. The average molecular weight is 347 g/mol. The van der Waals surface area contributed by atoms with Gasteiger partial charge in [-0.1, -0.05) is 0 Å². The number of piperidine rings is 1. The average Bonchev–Trinajstić information content (AvgIpc) is 3.26. The van der Waals surface area contributed by atoms with Gasteiger partial charge in [0.05, 0.1) is 13.2 Å². The number of hydrogen-bond donors (Lipinski definition) is 1. The Bertz CT molecular complexity index is 471. The molecule has 0 saturated carbocycles. The molecule has 0 aromatic carbocycles. The summed E-state index contributed by atoms with van der Waals surface area (Å²) < 4.78 is 36.1. The van der Waals surface area contributed by atoms with E-state index in [2.05, 4.69) is 5.32 Å². The Balaban J connectivity index is 1.50. The minimum atomic E-state index is -2.96. The van der Waals surface area contributed by atoms with Crippen LogP contribution in [0.15, 0.2) is 0 Å². The summed E-state index contributed by atoms with van der Waals surface area (Å²) in [5.41, 5.74) is 0. The van der Waals surface area contributed by atoms with Crippen molar-refractivity contribution in [2.75, 3.05) is 39.4 Å². The number of ether oxygens (including phenoxy) is 2. The third kappa shape index (κ3) is 3.46. The molecule has 24 heavy (non-hydrogen) atoms. The number of nitrogens with zero attached hydrogens (tertiary/aromatic N) is 2. The van der Waals surface area contributed by atoms with Gasteiger partial charge in [0.1, 0.15) is 0 Å². The van der Waals surface area contributed by atoms with Crippen molar-refractivity contribution >= 4 is 11.9 Å². The van der Waals surface area contributed by atoms with Crippen molar-refractivity contribution in [2.24, 2.45) is 5.92 Å². The second kappa shape index (κ2) is 7.18. The lowest BCUT2D eigenvalue weighted by Gasteiger charge is -2.35. The van der Waals surface area contributed by atoms with E-state index >= 15 is 0 Å². The minimum absolute atomic E-state index is 0.0119. The van der Waals surface area contributed by atoms with E-state index in [1.54, 1.807) is 4.90 Å². The topological polar surface area (TPSA) is 71.1 Å². The van der Waals surface area contributed by atoms with Crippen LogP contribution in [0.1, 0.15) is 25.7 Å². The SMILES string of the molecule is O=C(NC1(C(F)F)OCCO1)C1CCN(C(=O)N2CCCC2)CC1. The molecule has 3 amide bonds. The van der Waals surface area contributed by atoms with E-state index in [1.165, 1.54) is 0 Å². The molecule has 3 aliphatic heterocycles. The van der Waals surface area contributed by atoms with Gasteiger partial charge in [0.25, 0.3) is 0 Å². The Morgan fingerprint density at radius 1 is 1.00 bits per heavy atom. The predicted octanol–water partition coefficient (Wildman–Crippen LogP) is 0.996. The smallest absolute Gasteiger partial charge is 0.319 e. The Labute approximate surface area is 139 Å². The maximum absolute atomic E-state index is 13.1. The molecule has 3 aliphatic rings. The number of likely N-dealkylation sites (tertiary alicyclic amines) is 2. The molecule has 0 aromatic rings. The molecule has 3 fully saturated rings. The van der Waals surface area contributed by atoms with Crippen molar-refractivity contribution in [3.8, 4) is 0 Å². The minimum Gasteiger partial charge on any atom is -0.326 e. The summed E-state index contributed by atoms with van der Waals surface area (Å²) in [4.78, 5) is 28.1. The van der Waals surface area contributed by atoms with Gasteiger partial charge < -0.3 is 19.3 Å². The van der Waals surface area contributed by atoms with Crippen LogP contribution in [0.3, 0.4) is 0 Å². The van der Waals surface area contributed by atoms with Crippen molar-refractivity contribution < 1.29 is 27.8 Å². The summed E-state index contributed by atoms with van der Waals surface area (Å²) in [5.74, 6) is -3.25. The van der Waals surface area contributed by atoms with E-state index in [9.17, 15) is 18.4 Å². The molecule has 9 heteroatoms. The Morgan fingerprint density at radius 3 is 2.08 bits per heavy atom. The Morgan fingerprint density at radius 2 is 1.54 bits per heavy atom. The van der Waals surface area contributed by atoms with Gasteiger partial charge in [-0.25, -0.2) is 13.6 Å². The van der Waals surface area contributed by atoms with Gasteiger partial charge in [-0.2, -0.15) is 0 Å². The number of urea groups is 1. The van der Waals surface area contributed by atoms with Crippen molar-refractivity contribution in [1.29, 1.82) is 0 Å². The highest BCUT2D eigenvalue weighted by Crippen LogP contribution is 2.26. The van der Waals surface area contributed by atoms with Crippen LogP contribution >= 0.6 is 0 Å². The fraction of sp³-hybridized carbons (Fsp3) is 0.867. The predicted molar refractivity (Wildman–Crippen MR) is 79.3 cm³/mol. The van der Waals surface area contributed by atoms with Gasteiger partial charge >= 0.3 is 18.4 Å². The molecule has 1 N–H and O–H groups in total. The first-order valence-electron chi connectivity index (χ1n) is 8.44. The van der Waals surface area contributed by atoms with Gasteiger partial charge in [0, 0.05) is 32.1 Å². The number of carbonyl (C=O) groups excluding carboxylic acids is 2. The fourth-order valence-electron chi connectivity index (χ4n) is 3.40. The third-order valence-corrected chi connectivity index (χ3v) is 4.81. The summed E-state index contributed by atoms with van der Waals surface area (Å²) >= 11 is 0. The molecule has 0 radical (unpaired) electrons. The van der Waals surface area contributed by atoms with Crippen molar-refractivity contribution in [2.45, 2.75) is 38.0 Å². The zero-order valence-electron chi connectivity index (χ0n) is 13.5. The summed E-state index contributed by atoms with van der Waals surface area (Å²) in [7, 11) is 0. The van der Waals surface area contributed by atoms with Gasteiger partial charge in [-0.15, -0.1) is 0 Å². The second-order valence-corrected chi connectivity index (χ2v) is 6.39. The van der Waals surface area contributed by atoms with Crippen LogP contribution in [0.2, 0.25) is 0 Å². The number of carbonyl (C=O) groups is 2.